The molecular formula is C15H26N4O. The molecule has 2 saturated carbocycles. The standard InChI is InChI=1S/C15H26N4O/c1-16-15(17-8-14(20)18-13-6-7-13)19-9-11-4-2-3-5-12(11)10-19/h11-13H,2-10H2,1H3,(H,16,17)(H,18,20). The summed E-state index contributed by atoms with van der Waals surface area (Å²) in [5, 5.41) is 6.22. The third-order valence-electron chi connectivity index (χ3n) is 4.84. The van der Waals surface area contributed by atoms with Crippen LogP contribution in [0.2, 0.25) is 0 Å². The molecule has 1 aliphatic heterocycles. The van der Waals surface area contributed by atoms with E-state index in [9.17, 15) is 4.79 Å². The molecular weight excluding hydrogens is 252 g/mol. The molecule has 2 N–H and O–H groups in total. The second-order valence-corrected chi connectivity index (χ2v) is 6.45. The lowest BCUT2D eigenvalue weighted by atomic mass is 9.82. The summed E-state index contributed by atoms with van der Waals surface area (Å²) in [6.07, 6.45) is 7.75. The molecule has 0 spiro atoms. The zero-order chi connectivity index (χ0) is 13.9. The van der Waals surface area contributed by atoms with Gasteiger partial charge in [0, 0.05) is 26.2 Å². The average Bonchev–Trinajstić information content (AvgIpc) is 3.15. The van der Waals surface area contributed by atoms with E-state index in [2.05, 4.69) is 20.5 Å². The maximum atomic E-state index is 11.7. The number of likely N-dealkylation sites (tertiary alicyclic amines) is 1. The molecule has 2 aliphatic carbocycles. The Kier molecular flexibility index (Phi) is 4.13. The first-order chi connectivity index (χ1) is 9.76. The van der Waals surface area contributed by atoms with E-state index >= 15 is 0 Å². The monoisotopic (exact) mass is 278 g/mol. The molecule has 5 heteroatoms. The molecule has 2 atom stereocenters. The van der Waals surface area contributed by atoms with Gasteiger partial charge in [-0.05, 0) is 37.5 Å². The predicted octanol–water partition coefficient (Wildman–Crippen LogP) is 0.962. The molecule has 112 valence electrons. The predicted molar refractivity (Wildman–Crippen MR) is 79.5 cm³/mol. The highest BCUT2D eigenvalue weighted by Crippen LogP contribution is 2.35. The van der Waals surface area contributed by atoms with Crippen LogP contribution in [0.1, 0.15) is 38.5 Å². The first kappa shape index (κ1) is 13.7. The Balaban J connectivity index is 1.47. The van der Waals surface area contributed by atoms with Crippen molar-refractivity contribution in [3.05, 3.63) is 0 Å². The quantitative estimate of drug-likeness (QED) is 0.597. The molecule has 3 fully saturated rings. The van der Waals surface area contributed by atoms with E-state index in [-0.39, 0.29) is 5.91 Å². The highest BCUT2D eigenvalue weighted by Gasteiger charge is 2.35. The summed E-state index contributed by atoms with van der Waals surface area (Å²) in [6, 6.07) is 0.431. The molecule has 3 aliphatic rings. The molecule has 0 aromatic carbocycles. The molecule has 1 heterocycles. The number of nitrogens with zero attached hydrogens (tertiary/aromatic N) is 2. The fraction of sp³-hybridized carbons (Fsp3) is 0.867. The maximum absolute atomic E-state index is 11.7. The maximum Gasteiger partial charge on any atom is 0.239 e. The van der Waals surface area contributed by atoms with Gasteiger partial charge in [-0.3, -0.25) is 9.79 Å². The van der Waals surface area contributed by atoms with Crippen molar-refractivity contribution < 1.29 is 4.79 Å². The number of carbonyl (C=O) groups excluding carboxylic acids is 1. The number of amides is 1. The van der Waals surface area contributed by atoms with E-state index in [1.54, 1.807) is 0 Å². The molecule has 20 heavy (non-hydrogen) atoms. The van der Waals surface area contributed by atoms with Gasteiger partial charge in [-0.25, -0.2) is 0 Å². The Morgan fingerprint density at radius 1 is 1.15 bits per heavy atom. The minimum Gasteiger partial charge on any atom is -0.352 e. The van der Waals surface area contributed by atoms with Crippen molar-refractivity contribution in [3.63, 3.8) is 0 Å². The summed E-state index contributed by atoms with van der Waals surface area (Å²) in [6.45, 7) is 2.55. The lowest BCUT2D eigenvalue weighted by molar-refractivity contribution is -0.120. The lowest BCUT2D eigenvalue weighted by Crippen LogP contribution is -2.45. The first-order valence-corrected chi connectivity index (χ1v) is 8.01. The van der Waals surface area contributed by atoms with Gasteiger partial charge < -0.3 is 15.5 Å². The molecule has 0 aromatic heterocycles. The molecule has 1 saturated heterocycles. The van der Waals surface area contributed by atoms with Gasteiger partial charge in [0.1, 0.15) is 0 Å². The summed E-state index contributed by atoms with van der Waals surface area (Å²) >= 11 is 0. The second-order valence-electron chi connectivity index (χ2n) is 6.45. The topological polar surface area (TPSA) is 56.7 Å². The number of hydrogen-bond donors (Lipinski definition) is 2. The lowest BCUT2D eigenvalue weighted by Gasteiger charge is -2.22. The Labute approximate surface area is 121 Å². The van der Waals surface area contributed by atoms with Crippen LogP contribution < -0.4 is 10.6 Å². The molecule has 0 aromatic rings. The molecule has 5 nitrogen and oxygen atoms in total. The van der Waals surface area contributed by atoms with Gasteiger partial charge >= 0.3 is 0 Å². The Morgan fingerprint density at radius 3 is 2.35 bits per heavy atom. The van der Waals surface area contributed by atoms with Crippen LogP contribution in [0.3, 0.4) is 0 Å². The van der Waals surface area contributed by atoms with Gasteiger partial charge in [-0.2, -0.15) is 0 Å². The summed E-state index contributed by atoms with van der Waals surface area (Å²) < 4.78 is 0. The molecule has 0 bridgehead atoms. The SMILES string of the molecule is CN=C(NCC(=O)NC1CC1)N1CC2CCCCC2C1. The van der Waals surface area contributed by atoms with Crippen molar-refractivity contribution in [1.82, 2.24) is 15.5 Å². The smallest absolute Gasteiger partial charge is 0.239 e. The zero-order valence-electron chi connectivity index (χ0n) is 12.4. The third kappa shape index (κ3) is 3.25. The minimum atomic E-state index is 0.0882. The number of aliphatic imine (C=N–C) groups is 1. The van der Waals surface area contributed by atoms with Gasteiger partial charge in [-0.15, -0.1) is 0 Å². The van der Waals surface area contributed by atoms with E-state index < -0.39 is 0 Å². The van der Waals surface area contributed by atoms with E-state index in [1.807, 2.05) is 7.05 Å². The van der Waals surface area contributed by atoms with Gasteiger partial charge in [-0.1, -0.05) is 12.8 Å². The van der Waals surface area contributed by atoms with Crippen molar-refractivity contribution >= 4 is 11.9 Å². The first-order valence-electron chi connectivity index (χ1n) is 8.01. The fourth-order valence-corrected chi connectivity index (χ4v) is 3.58. The van der Waals surface area contributed by atoms with Gasteiger partial charge in [0.25, 0.3) is 0 Å². The number of rotatable bonds is 3. The summed E-state index contributed by atoms with van der Waals surface area (Å²) in [5.74, 6) is 2.65. The second kappa shape index (κ2) is 6.02. The molecule has 1 amide bonds. The van der Waals surface area contributed by atoms with Crippen molar-refractivity contribution in [2.24, 2.45) is 16.8 Å². The number of fused-ring (bicyclic) bond motifs is 1. The summed E-state index contributed by atoms with van der Waals surface area (Å²) in [7, 11) is 1.81. The number of hydrogen-bond acceptors (Lipinski definition) is 2. The van der Waals surface area contributed by atoms with Crippen molar-refractivity contribution in [1.29, 1.82) is 0 Å². The zero-order valence-corrected chi connectivity index (χ0v) is 12.4. The fourth-order valence-electron chi connectivity index (χ4n) is 3.58. The third-order valence-corrected chi connectivity index (χ3v) is 4.84. The molecule has 0 radical (unpaired) electrons. The van der Waals surface area contributed by atoms with Crippen LogP contribution in [0.5, 0.6) is 0 Å². The molecule has 2 unspecified atom stereocenters. The van der Waals surface area contributed by atoms with Gasteiger partial charge in [0.2, 0.25) is 5.91 Å². The minimum absolute atomic E-state index is 0.0882. The van der Waals surface area contributed by atoms with Crippen LogP contribution in [-0.4, -0.2) is 49.5 Å². The van der Waals surface area contributed by atoms with E-state index in [0.29, 0.717) is 12.6 Å². The van der Waals surface area contributed by atoms with Crippen LogP contribution in [0, 0.1) is 11.8 Å². The summed E-state index contributed by atoms with van der Waals surface area (Å²) in [5.41, 5.74) is 0. The average molecular weight is 278 g/mol. The largest absolute Gasteiger partial charge is 0.352 e. The highest BCUT2D eigenvalue weighted by atomic mass is 16.2. The Hall–Kier alpha value is -1.26. The van der Waals surface area contributed by atoms with Crippen LogP contribution in [-0.2, 0) is 4.79 Å². The van der Waals surface area contributed by atoms with Gasteiger partial charge in [0.05, 0.1) is 6.54 Å². The van der Waals surface area contributed by atoms with Crippen molar-refractivity contribution in [3.8, 4) is 0 Å². The Bertz CT molecular complexity index is 377. The number of guanidine groups is 1. The normalized spacial score (nSPS) is 30.1. The highest BCUT2D eigenvalue weighted by molar-refractivity contribution is 5.86. The van der Waals surface area contributed by atoms with E-state index in [4.69, 9.17) is 0 Å². The number of nitrogens with one attached hydrogen (secondary N) is 2. The van der Waals surface area contributed by atoms with E-state index in [0.717, 1.165) is 43.7 Å². The Morgan fingerprint density at radius 2 is 1.80 bits per heavy atom. The van der Waals surface area contributed by atoms with Crippen LogP contribution in [0.25, 0.3) is 0 Å². The van der Waals surface area contributed by atoms with Crippen molar-refractivity contribution in [2.75, 3.05) is 26.7 Å². The van der Waals surface area contributed by atoms with Crippen molar-refractivity contribution in [2.45, 2.75) is 44.6 Å². The van der Waals surface area contributed by atoms with Crippen LogP contribution in [0.15, 0.2) is 4.99 Å². The van der Waals surface area contributed by atoms with Crippen LogP contribution in [0.4, 0.5) is 0 Å². The molecule has 3 rings (SSSR count). The van der Waals surface area contributed by atoms with E-state index in [1.165, 1.54) is 25.7 Å². The van der Waals surface area contributed by atoms with Gasteiger partial charge in [0.15, 0.2) is 5.96 Å². The summed E-state index contributed by atoms with van der Waals surface area (Å²) in [4.78, 5) is 18.4. The number of carbonyl (C=O) groups is 1. The van der Waals surface area contributed by atoms with Crippen LogP contribution >= 0.6 is 0 Å².